The Morgan fingerprint density at radius 1 is 1.43 bits per heavy atom. The molecule has 0 spiro atoms. The second-order valence-electron chi connectivity index (χ2n) is 5.46. The molecule has 2 heterocycles. The predicted molar refractivity (Wildman–Crippen MR) is 84.3 cm³/mol. The van der Waals surface area contributed by atoms with Gasteiger partial charge in [-0.1, -0.05) is 12.1 Å². The highest BCUT2D eigenvalue weighted by Gasteiger charge is 2.22. The number of aliphatic hydroxyl groups excluding tert-OH is 1. The summed E-state index contributed by atoms with van der Waals surface area (Å²) in [5, 5.41) is 23.1. The molecule has 2 aromatic rings. The number of methoxy groups -OCH3 is 1. The number of hydrogen-bond acceptors (Lipinski definition) is 5. The molecule has 23 heavy (non-hydrogen) atoms. The average molecular weight is 316 g/mol. The van der Waals surface area contributed by atoms with Crippen LogP contribution in [0, 0.1) is 0 Å². The lowest BCUT2D eigenvalue weighted by molar-refractivity contribution is 0.0910. The third kappa shape index (κ3) is 3.35. The van der Waals surface area contributed by atoms with Crippen LogP contribution in [0.1, 0.15) is 33.4 Å². The fraction of sp³-hybridized carbons (Fsp3) is 0.375. The maximum absolute atomic E-state index is 12.3. The van der Waals surface area contributed by atoms with Crippen molar-refractivity contribution < 1.29 is 14.6 Å². The number of rotatable bonds is 5. The van der Waals surface area contributed by atoms with Gasteiger partial charge < -0.3 is 20.5 Å². The van der Waals surface area contributed by atoms with E-state index >= 15 is 0 Å². The summed E-state index contributed by atoms with van der Waals surface area (Å²) in [6.45, 7) is 1.64. The zero-order chi connectivity index (χ0) is 16.2. The summed E-state index contributed by atoms with van der Waals surface area (Å²) < 4.78 is 5.08. The van der Waals surface area contributed by atoms with Crippen LogP contribution in [0.3, 0.4) is 0 Å². The van der Waals surface area contributed by atoms with Gasteiger partial charge in [-0.3, -0.25) is 9.89 Å². The number of H-pyrrole nitrogens is 1. The zero-order valence-electron chi connectivity index (χ0n) is 12.9. The van der Waals surface area contributed by atoms with E-state index in [1.54, 1.807) is 31.4 Å². The number of aromatic amines is 1. The van der Waals surface area contributed by atoms with Crippen molar-refractivity contribution in [2.75, 3.05) is 20.2 Å². The molecule has 0 radical (unpaired) electrons. The summed E-state index contributed by atoms with van der Waals surface area (Å²) in [5.41, 5.74) is 3.03. The smallest absolute Gasteiger partial charge is 0.272 e. The molecule has 0 fully saturated rings. The molecule has 0 saturated heterocycles. The van der Waals surface area contributed by atoms with Crippen molar-refractivity contribution in [2.45, 2.75) is 19.1 Å². The molecule has 7 nitrogen and oxygen atoms in total. The van der Waals surface area contributed by atoms with E-state index in [0.717, 1.165) is 35.5 Å². The molecule has 1 unspecified atom stereocenters. The van der Waals surface area contributed by atoms with Crippen LogP contribution in [0.5, 0.6) is 5.75 Å². The second kappa shape index (κ2) is 6.80. The highest BCUT2D eigenvalue weighted by Crippen LogP contribution is 2.18. The van der Waals surface area contributed by atoms with Crippen molar-refractivity contribution in [2.24, 2.45) is 0 Å². The highest BCUT2D eigenvalue weighted by molar-refractivity contribution is 5.94. The normalized spacial score (nSPS) is 14.9. The lowest BCUT2D eigenvalue weighted by Crippen LogP contribution is -2.31. The number of nitrogens with zero attached hydrogens (tertiary/aromatic N) is 1. The van der Waals surface area contributed by atoms with Gasteiger partial charge in [-0.15, -0.1) is 0 Å². The summed E-state index contributed by atoms with van der Waals surface area (Å²) in [5.74, 6) is 0.444. The number of carbonyl (C=O) groups is 1. The number of ether oxygens (including phenoxy) is 1. The van der Waals surface area contributed by atoms with E-state index in [1.807, 2.05) is 0 Å². The van der Waals surface area contributed by atoms with Gasteiger partial charge in [0.15, 0.2) is 5.69 Å². The van der Waals surface area contributed by atoms with Crippen LogP contribution >= 0.6 is 0 Å². The van der Waals surface area contributed by atoms with E-state index in [2.05, 4.69) is 20.8 Å². The molecule has 0 bridgehead atoms. The Labute approximate surface area is 134 Å². The van der Waals surface area contributed by atoms with Gasteiger partial charge >= 0.3 is 0 Å². The van der Waals surface area contributed by atoms with Crippen molar-refractivity contribution in [1.29, 1.82) is 0 Å². The Kier molecular flexibility index (Phi) is 4.59. The molecule has 122 valence electrons. The zero-order valence-corrected chi connectivity index (χ0v) is 12.9. The maximum atomic E-state index is 12.3. The van der Waals surface area contributed by atoms with Crippen molar-refractivity contribution in [3.8, 4) is 5.75 Å². The van der Waals surface area contributed by atoms with Gasteiger partial charge in [-0.05, 0) is 17.7 Å². The van der Waals surface area contributed by atoms with Crippen molar-refractivity contribution in [3.63, 3.8) is 0 Å². The molecule has 0 aliphatic carbocycles. The first-order chi connectivity index (χ1) is 11.2. The quantitative estimate of drug-likeness (QED) is 0.645. The number of benzene rings is 1. The number of carbonyl (C=O) groups excluding carboxylic acids is 1. The molecule has 7 heteroatoms. The first kappa shape index (κ1) is 15.5. The third-order valence-electron chi connectivity index (χ3n) is 3.98. The SMILES string of the molecule is COc1ccc(C(O)CNC(=O)c2n[nH]c3c2CNCC3)cc1. The topological polar surface area (TPSA) is 99.3 Å². The van der Waals surface area contributed by atoms with Crippen LogP contribution < -0.4 is 15.4 Å². The van der Waals surface area contributed by atoms with Gasteiger partial charge in [0.05, 0.1) is 13.2 Å². The summed E-state index contributed by atoms with van der Waals surface area (Å²) >= 11 is 0. The molecule has 1 amide bonds. The standard InChI is InChI=1S/C16H20N4O3/c1-23-11-4-2-10(3-5-11)14(21)9-18-16(22)15-12-8-17-7-6-13(12)19-20-15/h2-5,14,17,21H,6-9H2,1H3,(H,18,22)(H,19,20). The monoisotopic (exact) mass is 316 g/mol. The Bertz CT molecular complexity index is 681. The third-order valence-corrected chi connectivity index (χ3v) is 3.98. The second-order valence-corrected chi connectivity index (χ2v) is 5.46. The number of amides is 1. The van der Waals surface area contributed by atoms with Gasteiger partial charge in [0.25, 0.3) is 5.91 Å². The van der Waals surface area contributed by atoms with E-state index in [0.29, 0.717) is 12.2 Å². The molecule has 4 N–H and O–H groups in total. The number of aromatic nitrogens is 2. The van der Waals surface area contributed by atoms with Crippen LogP contribution in [0.2, 0.25) is 0 Å². The minimum Gasteiger partial charge on any atom is -0.497 e. The summed E-state index contributed by atoms with van der Waals surface area (Å²) in [4.78, 5) is 12.3. The summed E-state index contributed by atoms with van der Waals surface area (Å²) in [6.07, 6.45) is 0.0575. The first-order valence-electron chi connectivity index (χ1n) is 7.56. The first-order valence-corrected chi connectivity index (χ1v) is 7.56. The molecule has 0 saturated carbocycles. The Balaban J connectivity index is 1.61. The summed E-state index contributed by atoms with van der Waals surface area (Å²) in [6, 6.07) is 7.10. The molecule has 3 rings (SSSR count). The van der Waals surface area contributed by atoms with Crippen molar-refractivity contribution >= 4 is 5.91 Å². The van der Waals surface area contributed by atoms with Gasteiger partial charge in [0, 0.05) is 37.3 Å². The highest BCUT2D eigenvalue weighted by atomic mass is 16.5. The Morgan fingerprint density at radius 2 is 2.22 bits per heavy atom. The molecule has 1 aliphatic rings. The number of nitrogens with one attached hydrogen (secondary N) is 3. The predicted octanol–water partition coefficient (Wildman–Crippen LogP) is 0.527. The van der Waals surface area contributed by atoms with Gasteiger partial charge in [-0.2, -0.15) is 5.10 Å². The largest absolute Gasteiger partial charge is 0.497 e. The molecule has 1 atom stereocenters. The van der Waals surface area contributed by atoms with E-state index in [9.17, 15) is 9.90 Å². The van der Waals surface area contributed by atoms with E-state index in [4.69, 9.17) is 4.74 Å². The molecule has 1 aromatic heterocycles. The van der Waals surface area contributed by atoms with Crippen LogP contribution in [-0.2, 0) is 13.0 Å². The molecular weight excluding hydrogens is 296 g/mol. The number of aliphatic hydroxyl groups is 1. The lowest BCUT2D eigenvalue weighted by Gasteiger charge is -2.14. The van der Waals surface area contributed by atoms with Crippen LogP contribution in [0.25, 0.3) is 0 Å². The van der Waals surface area contributed by atoms with Gasteiger partial charge in [-0.25, -0.2) is 0 Å². The van der Waals surface area contributed by atoms with E-state index < -0.39 is 6.10 Å². The van der Waals surface area contributed by atoms with Crippen molar-refractivity contribution in [1.82, 2.24) is 20.8 Å². The van der Waals surface area contributed by atoms with Crippen molar-refractivity contribution in [3.05, 3.63) is 46.8 Å². The number of hydrogen-bond donors (Lipinski definition) is 4. The molecular formula is C16H20N4O3. The Morgan fingerprint density at radius 3 is 2.96 bits per heavy atom. The maximum Gasteiger partial charge on any atom is 0.272 e. The average Bonchev–Trinajstić information content (AvgIpc) is 3.03. The Hall–Kier alpha value is -2.38. The van der Waals surface area contributed by atoms with Gasteiger partial charge in [0.2, 0.25) is 0 Å². The summed E-state index contributed by atoms with van der Waals surface area (Å²) in [7, 11) is 1.59. The van der Waals surface area contributed by atoms with Gasteiger partial charge in [0.1, 0.15) is 5.75 Å². The van der Waals surface area contributed by atoms with E-state index in [-0.39, 0.29) is 12.5 Å². The van der Waals surface area contributed by atoms with E-state index in [1.165, 1.54) is 0 Å². The minimum absolute atomic E-state index is 0.125. The lowest BCUT2D eigenvalue weighted by atomic mass is 10.1. The fourth-order valence-corrected chi connectivity index (χ4v) is 2.63. The molecule has 1 aromatic carbocycles. The minimum atomic E-state index is -0.780. The van der Waals surface area contributed by atoms with Crippen LogP contribution in [0.15, 0.2) is 24.3 Å². The van der Waals surface area contributed by atoms with Crippen LogP contribution in [0.4, 0.5) is 0 Å². The molecule has 1 aliphatic heterocycles. The van der Waals surface area contributed by atoms with Crippen LogP contribution in [-0.4, -0.2) is 41.4 Å². The fourth-order valence-electron chi connectivity index (χ4n) is 2.63. The number of fused-ring (bicyclic) bond motifs is 1.